The normalized spacial score (nSPS) is 42.5. The highest BCUT2D eigenvalue weighted by molar-refractivity contribution is 6.65. The number of benzene rings is 1. The molecule has 2 saturated carbocycles. The molecule has 0 spiro atoms. The van der Waals surface area contributed by atoms with Gasteiger partial charge in [-0.1, -0.05) is 70.1 Å². The number of alkyl halides is 4. The number of halogens is 7. The van der Waals surface area contributed by atoms with Crippen LogP contribution in [0.4, 0.5) is 5.69 Å². The van der Waals surface area contributed by atoms with Gasteiger partial charge in [0.15, 0.2) is 4.33 Å². The summed E-state index contributed by atoms with van der Waals surface area (Å²) in [5.74, 6) is -2.62. The predicted molar refractivity (Wildman–Crippen MR) is 117 cm³/mol. The van der Waals surface area contributed by atoms with Crippen molar-refractivity contribution < 1.29 is 9.59 Å². The predicted octanol–water partition coefficient (Wildman–Crippen LogP) is 6.32. The molecule has 4 aliphatic rings. The van der Waals surface area contributed by atoms with E-state index in [2.05, 4.69) is 0 Å². The van der Waals surface area contributed by atoms with Crippen molar-refractivity contribution in [2.75, 3.05) is 4.90 Å². The van der Waals surface area contributed by atoms with Crippen LogP contribution in [-0.2, 0) is 9.59 Å². The molecule has 1 aliphatic heterocycles. The smallest absolute Gasteiger partial charge is 0.237 e. The van der Waals surface area contributed by atoms with Crippen LogP contribution >= 0.6 is 81.2 Å². The van der Waals surface area contributed by atoms with E-state index in [9.17, 15) is 9.59 Å². The van der Waals surface area contributed by atoms with Crippen molar-refractivity contribution in [1.82, 2.24) is 0 Å². The van der Waals surface area contributed by atoms with Gasteiger partial charge in [0.05, 0.1) is 32.6 Å². The fourth-order valence-corrected chi connectivity index (χ4v) is 8.92. The van der Waals surface area contributed by atoms with Gasteiger partial charge in [-0.3, -0.25) is 9.59 Å². The van der Waals surface area contributed by atoms with Gasteiger partial charge in [0.25, 0.3) is 0 Å². The van der Waals surface area contributed by atoms with Crippen molar-refractivity contribution >= 4 is 98.7 Å². The maximum atomic E-state index is 13.2. The van der Waals surface area contributed by atoms with E-state index in [-0.39, 0.29) is 34.7 Å². The molecule has 3 fully saturated rings. The fraction of sp³-hybridized carbons (Fsp3) is 0.474. The first-order valence-electron chi connectivity index (χ1n) is 8.93. The summed E-state index contributed by atoms with van der Waals surface area (Å²) in [6.45, 7) is 0. The van der Waals surface area contributed by atoms with Crippen molar-refractivity contribution in [3.63, 3.8) is 0 Å². The summed E-state index contributed by atoms with van der Waals surface area (Å²) < 4.78 is -1.67. The molecule has 2 bridgehead atoms. The number of anilines is 1. The van der Waals surface area contributed by atoms with Gasteiger partial charge in [-0.2, -0.15) is 0 Å². The summed E-state index contributed by atoms with van der Waals surface area (Å²) in [5.41, 5.74) is 0.367. The molecule has 0 radical (unpaired) electrons. The molecule has 3 nitrogen and oxygen atoms in total. The molecule has 0 aromatic heterocycles. The second kappa shape index (κ2) is 6.34. The molecule has 10 heteroatoms. The standard InChI is InChI=1S/C19H12Cl7NO2/c20-11-3-1-2-4-12(11)27-15(28)7-5-9-10(6-8(7)16(27)29)18(24)14(22)13(21)17(9,23)19(18,25)26/h1-4,7-10H,5-6H2/t7-,8+,9-,10-,17+,18+/m1/s1. The lowest BCUT2D eigenvalue weighted by atomic mass is 9.65. The van der Waals surface area contributed by atoms with Gasteiger partial charge in [0.1, 0.15) is 9.75 Å². The molecule has 6 atom stereocenters. The Labute approximate surface area is 202 Å². The molecule has 0 unspecified atom stereocenters. The van der Waals surface area contributed by atoms with Crippen LogP contribution in [-0.4, -0.2) is 25.9 Å². The van der Waals surface area contributed by atoms with Crippen LogP contribution in [0, 0.1) is 23.7 Å². The number of para-hydroxylation sites is 1. The number of allylic oxidation sites excluding steroid dienone is 2. The fourth-order valence-electron chi connectivity index (χ4n) is 5.59. The summed E-state index contributed by atoms with van der Waals surface area (Å²) >= 11 is 46.2. The number of nitrogens with zero attached hydrogens (tertiary/aromatic N) is 1. The number of imide groups is 1. The second-order valence-electron chi connectivity index (χ2n) is 7.99. The van der Waals surface area contributed by atoms with E-state index in [0.717, 1.165) is 4.90 Å². The molecule has 0 N–H and O–H groups in total. The molecule has 3 aliphatic carbocycles. The minimum Gasteiger partial charge on any atom is -0.274 e. The van der Waals surface area contributed by atoms with E-state index in [1.807, 2.05) is 0 Å². The maximum Gasteiger partial charge on any atom is 0.237 e. The van der Waals surface area contributed by atoms with Crippen molar-refractivity contribution in [1.29, 1.82) is 0 Å². The number of carbonyl (C=O) groups is 2. The zero-order valence-electron chi connectivity index (χ0n) is 14.4. The summed E-state index contributed by atoms with van der Waals surface area (Å²) in [6.07, 6.45) is 0.556. The SMILES string of the molecule is O=C1[C@H]2C[C@@H]3[C@@H](C[C@H]2C(=O)N1c1ccccc1Cl)[C@]1(Cl)C(Cl)=C(Cl)[C@]3(Cl)C1(Cl)Cl. The third-order valence-corrected chi connectivity index (χ3v) is 11.6. The number of fused-ring (bicyclic) bond motifs is 6. The quantitative estimate of drug-likeness (QED) is 0.313. The molecule has 1 aromatic carbocycles. The molecule has 29 heavy (non-hydrogen) atoms. The third kappa shape index (κ3) is 2.21. The highest BCUT2D eigenvalue weighted by Crippen LogP contribution is 2.79. The highest BCUT2D eigenvalue weighted by Gasteiger charge is 2.83. The molecular weight excluding hydrogens is 522 g/mol. The Morgan fingerprint density at radius 3 is 1.69 bits per heavy atom. The van der Waals surface area contributed by atoms with Crippen LogP contribution in [0.25, 0.3) is 0 Å². The van der Waals surface area contributed by atoms with Gasteiger partial charge in [0, 0.05) is 0 Å². The number of amides is 2. The first kappa shape index (κ1) is 21.0. The van der Waals surface area contributed by atoms with Crippen LogP contribution < -0.4 is 4.90 Å². The number of carbonyl (C=O) groups excluding carboxylic acids is 2. The lowest BCUT2D eigenvalue weighted by molar-refractivity contribution is -0.122. The van der Waals surface area contributed by atoms with Gasteiger partial charge in [-0.15, -0.1) is 23.2 Å². The van der Waals surface area contributed by atoms with E-state index in [1.54, 1.807) is 24.3 Å². The average molecular weight is 534 g/mol. The van der Waals surface area contributed by atoms with Crippen molar-refractivity contribution in [3.8, 4) is 0 Å². The van der Waals surface area contributed by atoms with Crippen molar-refractivity contribution in [2.24, 2.45) is 23.7 Å². The zero-order valence-corrected chi connectivity index (χ0v) is 19.7. The highest BCUT2D eigenvalue weighted by atomic mass is 35.5. The van der Waals surface area contributed by atoms with E-state index in [4.69, 9.17) is 81.2 Å². The van der Waals surface area contributed by atoms with E-state index >= 15 is 0 Å². The molecule has 1 heterocycles. The summed E-state index contributed by atoms with van der Waals surface area (Å²) in [4.78, 5) is 24.8. The van der Waals surface area contributed by atoms with Crippen molar-refractivity contribution in [2.45, 2.75) is 26.9 Å². The van der Waals surface area contributed by atoms with Gasteiger partial charge in [0.2, 0.25) is 11.8 Å². The number of hydrogen-bond acceptors (Lipinski definition) is 2. The first-order chi connectivity index (χ1) is 13.5. The Bertz CT molecular complexity index is 956. The van der Waals surface area contributed by atoms with Gasteiger partial charge in [-0.05, 0) is 36.8 Å². The van der Waals surface area contributed by atoms with E-state index in [1.165, 1.54) is 0 Å². The number of rotatable bonds is 1. The topological polar surface area (TPSA) is 37.4 Å². The van der Waals surface area contributed by atoms with Gasteiger partial charge < -0.3 is 0 Å². The van der Waals surface area contributed by atoms with Crippen molar-refractivity contribution in [3.05, 3.63) is 39.4 Å². The minimum atomic E-state index is -1.67. The van der Waals surface area contributed by atoms with E-state index in [0.29, 0.717) is 10.7 Å². The molecule has 1 aromatic rings. The molecule has 2 amide bonds. The Balaban J connectivity index is 1.58. The summed E-state index contributed by atoms with van der Waals surface area (Å²) in [6, 6.07) is 6.73. The zero-order chi connectivity index (χ0) is 21.1. The summed E-state index contributed by atoms with van der Waals surface area (Å²) in [7, 11) is 0. The summed E-state index contributed by atoms with van der Waals surface area (Å²) in [5, 5.41) is 0.546. The van der Waals surface area contributed by atoms with Crippen LogP contribution in [0.1, 0.15) is 12.8 Å². The average Bonchev–Trinajstić information content (AvgIpc) is 3.04. The van der Waals surface area contributed by atoms with Crippen LogP contribution in [0.15, 0.2) is 34.3 Å². The Morgan fingerprint density at radius 1 is 0.793 bits per heavy atom. The van der Waals surface area contributed by atoms with Crippen LogP contribution in [0.5, 0.6) is 0 Å². The Kier molecular flexibility index (Phi) is 4.59. The molecule has 1 saturated heterocycles. The van der Waals surface area contributed by atoms with Gasteiger partial charge >= 0.3 is 0 Å². The second-order valence-corrected chi connectivity index (χ2v) is 11.7. The molecular formula is C19H12Cl7NO2. The van der Waals surface area contributed by atoms with E-state index < -0.39 is 37.8 Å². The Hall–Kier alpha value is 0.130. The van der Waals surface area contributed by atoms with Crippen LogP contribution in [0.3, 0.4) is 0 Å². The Morgan fingerprint density at radius 2 is 1.24 bits per heavy atom. The lowest BCUT2D eigenvalue weighted by Gasteiger charge is -2.42. The first-order valence-corrected chi connectivity index (χ1v) is 11.6. The van der Waals surface area contributed by atoms with Gasteiger partial charge in [-0.25, -0.2) is 4.90 Å². The number of hydrogen-bond donors (Lipinski definition) is 0. The molecule has 5 rings (SSSR count). The monoisotopic (exact) mass is 531 g/mol. The molecule has 154 valence electrons. The van der Waals surface area contributed by atoms with Crippen LogP contribution in [0.2, 0.25) is 5.02 Å². The lowest BCUT2D eigenvalue weighted by Crippen LogP contribution is -2.44. The third-order valence-electron chi connectivity index (χ3n) is 6.92. The minimum absolute atomic E-state index is 0.111. The largest absolute Gasteiger partial charge is 0.274 e. The maximum absolute atomic E-state index is 13.2.